The average Bonchev–Trinajstić information content (AvgIpc) is 2.59. The Kier molecular flexibility index (Phi) is 3.92. The molecule has 1 heterocycles. The molecule has 1 aliphatic heterocycles. The molecule has 0 bridgehead atoms. The number of nitrogens with zero attached hydrogens (tertiary/aromatic N) is 1. The molecular weight excluding hydrogens is 279 g/mol. The zero-order chi connectivity index (χ0) is 14.0. The van der Waals surface area contributed by atoms with E-state index in [4.69, 9.17) is 17.8 Å². The number of para-hydroxylation sites is 1. The number of benzene rings is 1. The van der Waals surface area contributed by atoms with Crippen LogP contribution in [0, 0.1) is 4.91 Å². The second kappa shape index (κ2) is 4.90. The van der Waals surface area contributed by atoms with Gasteiger partial charge in [-0.25, -0.2) is 13.3 Å². The third-order valence-electron chi connectivity index (χ3n) is 1.81. The van der Waals surface area contributed by atoms with Gasteiger partial charge in [-0.3, -0.25) is 0 Å². The molecule has 0 N–H and O–H groups in total. The molecule has 0 amide bonds. The van der Waals surface area contributed by atoms with E-state index < -0.39 is 15.6 Å². The van der Waals surface area contributed by atoms with Gasteiger partial charge in [0.1, 0.15) is 0 Å². The van der Waals surface area contributed by atoms with Gasteiger partial charge in [-0.05, 0) is 6.07 Å². The Labute approximate surface area is 99.3 Å². The summed E-state index contributed by atoms with van der Waals surface area (Å²) in [5, 5.41) is 0. The highest BCUT2D eigenvalue weighted by Gasteiger charge is 2.36. The van der Waals surface area contributed by atoms with E-state index in [1.165, 1.54) is 0 Å². The molecule has 0 fully saturated rings. The van der Waals surface area contributed by atoms with Crippen LogP contribution in [-0.4, -0.2) is 23.4 Å². The molecule has 0 atom stereocenters. The van der Waals surface area contributed by atoms with E-state index in [1.807, 2.05) is 18.2 Å². The van der Waals surface area contributed by atoms with Crippen LogP contribution < -0.4 is 0 Å². The average molecular weight is 285 g/mol. The van der Waals surface area contributed by atoms with Crippen LogP contribution in [0.3, 0.4) is 0 Å². The lowest BCUT2D eigenvalue weighted by Gasteiger charge is -2.08. The summed E-state index contributed by atoms with van der Waals surface area (Å²) in [4.78, 5) is 16.0. The Morgan fingerprint density at radius 2 is 1.78 bits per heavy atom. The van der Waals surface area contributed by atoms with Crippen LogP contribution in [0.25, 0.3) is 0 Å². The van der Waals surface area contributed by atoms with Gasteiger partial charge in [0.25, 0.3) is 4.92 Å². The molecule has 1 aromatic carbocycles. The van der Waals surface area contributed by atoms with Gasteiger partial charge in [0, 0.05) is 6.07 Å². The van der Waals surface area contributed by atoms with E-state index in [-0.39, 0.29) is 0 Å². The van der Waals surface area contributed by atoms with Gasteiger partial charge in [0.2, 0.25) is 0 Å². The molecular formula is C8H6F3NO5S. The number of hydrogen-bond acceptors (Lipinski definition) is 5. The fraction of sp³-hybridized carbons (Fsp3) is 0.250. The maximum absolute atomic E-state index is 10.8. The Bertz CT molecular complexity index is 554. The van der Waals surface area contributed by atoms with E-state index in [2.05, 4.69) is 0 Å². The molecule has 0 saturated carbocycles. The van der Waals surface area contributed by atoms with Crippen LogP contribution in [0.5, 0.6) is 0 Å². The summed E-state index contributed by atoms with van der Waals surface area (Å²) in [5.74, 6) is 0. The molecule has 0 aliphatic carbocycles. The zero-order valence-electron chi connectivity index (χ0n) is 8.55. The van der Waals surface area contributed by atoms with E-state index in [1.54, 1.807) is 6.07 Å². The van der Waals surface area contributed by atoms with Crippen molar-refractivity contribution in [2.45, 2.75) is 12.1 Å². The zero-order valence-corrected chi connectivity index (χ0v) is 9.36. The molecule has 10 heteroatoms. The minimum atomic E-state index is -6.09. The lowest BCUT2D eigenvalue weighted by Crippen LogP contribution is -2.21. The smallest absolute Gasteiger partial charge is 0.485 e. The lowest BCUT2D eigenvalue weighted by molar-refractivity contribution is -0.738. The van der Waals surface area contributed by atoms with Gasteiger partial charge in [-0.2, -0.15) is 13.2 Å². The van der Waals surface area contributed by atoms with Crippen LogP contribution in [0.4, 0.5) is 18.9 Å². The molecule has 0 radical (unpaired) electrons. The minimum absolute atomic E-state index is 0.402. The van der Waals surface area contributed by atoms with Crippen LogP contribution >= 0.6 is 0 Å². The van der Waals surface area contributed by atoms with Crippen molar-refractivity contribution in [3.05, 3.63) is 34.7 Å². The second-order valence-corrected chi connectivity index (χ2v) is 4.43. The van der Waals surface area contributed by atoms with Crippen molar-refractivity contribution in [1.29, 1.82) is 0 Å². The van der Waals surface area contributed by atoms with Crippen molar-refractivity contribution in [1.82, 2.24) is 0 Å². The fourth-order valence-corrected chi connectivity index (χ4v) is 1.01. The summed E-state index contributed by atoms with van der Waals surface area (Å²) in [7, 11) is -6.09. The van der Waals surface area contributed by atoms with E-state index in [0.29, 0.717) is 17.2 Å². The Morgan fingerprint density at radius 3 is 2.22 bits per heavy atom. The SMILES string of the molecule is O=S(=O)([O-])C(F)(F)F.O=[N+]1OCc2ccccc21. The molecule has 0 saturated heterocycles. The lowest BCUT2D eigenvalue weighted by atomic mass is 10.2. The molecule has 1 aliphatic rings. The normalized spacial score (nSPS) is 14.3. The van der Waals surface area contributed by atoms with Gasteiger partial charge in [-0.1, -0.05) is 12.1 Å². The Balaban J connectivity index is 0.000000187. The predicted molar refractivity (Wildman–Crippen MR) is 50.3 cm³/mol. The molecule has 6 nitrogen and oxygen atoms in total. The first-order valence-electron chi connectivity index (χ1n) is 4.33. The molecule has 18 heavy (non-hydrogen) atoms. The first-order valence-corrected chi connectivity index (χ1v) is 5.74. The summed E-state index contributed by atoms with van der Waals surface area (Å²) in [6.45, 7) is 0.402. The van der Waals surface area contributed by atoms with E-state index in [9.17, 15) is 18.1 Å². The third-order valence-corrected chi connectivity index (χ3v) is 2.38. The summed E-state index contributed by atoms with van der Waals surface area (Å²) in [6, 6.07) is 7.34. The van der Waals surface area contributed by atoms with Crippen LogP contribution in [0.2, 0.25) is 0 Å². The van der Waals surface area contributed by atoms with Crippen molar-refractivity contribution in [3.63, 3.8) is 0 Å². The first kappa shape index (κ1) is 14.4. The summed E-state index contributed by atoms with van der Waals surface area (Å²) >= 11 is 0. The maximum atomic E-state index is 10.8. The van der Waals surface area contributed by atoms with Crippen LogP contribution in [0.15, 0.2) is 24.3 Å². The Morgan fingerprint density at radius 1 is 1.28 bits per heavy atom. The molecule has 0 spiro atoms. The fourth-order valence-electron chi connectivity index (χ4n) is 1.01. The van der Waals surface area contributed by atoms with E-state index in [0.717, 1.165) is 5.56 Å². The predicted octanol–water partition coefficient (Wildman–Crippen LogP) is 1.59. The highest BCUT2D eigenvalue weighted by molar-refractivity contribution is 7.86. The maximum Gasteiger partial charge on any atom is 0.485 e. The Hall–Kier alpha value is -1.68. The summed E-state index contributed by atoms with van der Waals surface area (Å²) < 4.78 is 58.9. The number of fused-ring (bicyclic) bond motifs is 1. The third kappa shape index (κ3) is 3.40. The van der Waals surface area contributed by atoms with Crippen molar-refractivity contribution >= 4 is 15.8 Å². The van der Waals surface area contributed by atoms with Gasteiger partial charge in [-0.15, -0.1) is 0 Å². The number of rotatable bonds is 0. The van der Waals surface area contributed by atoms with Crippen LogP contribution in [-0.2, 0) is 21.6 Å². The van der Waals surface area contributed by atoms with Crippen molar-refractivity contribution in [2.24, 2.45) is 0 Å². The molecule has 100 valence electrons. The molecule has 1 aromatic rings. The molecule has 0 unspecified atom stereocenters. The number of hydrogen-bond donors (Lipinski definition) is 0. The summed E-state index contributed by atoms with van der Waals surface area (Å²) in [6.07, 6.45) is 0. The van der Waals surface area contributed by atoms with Gasteiger partial charge in [0.15, 0.2) is 16.7 Å². The number of alkyl halides is 3. The largest absolute Gasteiger partial charge is 0.741 e. The minimum Gasteiger partial charge on any atom is -0.741 e. The van der Waals surface area contributed by atoms with Crippen LogP contribution in [0.1, 0.15) is 5.56 Å². The second-order valence-electron chi connectivity index (χ2n) is 3.06. The number of halogens is 3. The van der Waals surface area contributed by atoms with Crippen molar-refractivity contribution < 1.29 is 35.9 Å². The van der Waals surface area contributed by atoms with E-state index >= 15 is 0 Å². The first-order chi connectivity index (χ1) is 8.13. The summed E-state index contributed by atoms with van der Waals surface area (Å²) in [5.41, 5.74) is -4.06. The quantitative estimate of drug-likeness (QED) is 0.533. The highest BCUT2D eigenvalue weighted by atomic mass is 32.2. The highest BCUT2D eigenvalue weighted by Crippen LogP contribution is 2.25. The van der Waals surface area contributed by atoms with Gasteiger partial charge < -0.3 is 4.55 Å². The topological polar surface area (TPSA) is 86.5 Å². The van der Waals surface area contributed by atoms with Crippen molar-refractivity contribution in [2.75, 3.05) is 0 Å². The van der Waals surface area contributed by atoms with Gasteiger partial charge in [0.05, 0.1) is 10.5 Å². The van der Waals surface area contributed by atoms with Crippen molar-refractivity contribution in [3.8, 4) is 0 Å². The molecule has 0 aromatic heterocycles. The standard InChI is InChI=1S/C7H6NO2.CHF3O3S/c9-8-7-4-2-1-3-6(7)5-10-8;2-1(3,4)8(5,6)7/h1-4H,5H2;(H,5,6,7)/q+1;/p-1. The monoisotopic (exact) mass is 285 g/mol. The van der Waals surface area contributed by atoms with Gasteiger partial charge >= 0.3 is 11.2 Å². The molecule has 2 rings (SSSR count).